The third kappa shape index (κ3) is 4.38. The van der Waals surface area contributed by atoms with E-state index in [0.29, 0.717) is 22.9 Å². The van der Waals surface area contributed by atoms with Gasteiger partial charge in [0.2, 0.25) is 0 Å². The molecule has 1 aliphatic heterocycles. The number of rotatable bonds is 6. The number of likely N-dealkylation sites (tertiary alicyclic amines) is 1. The zero-order chi connectivity index (χ0) is 24.5. The predicted octanol–water partition coefficient (Wildman–Crippen LogP) is 3.58. The quantitative estimate of drug-likeness (QED) is 0.384. The largest absolute Gasteiger partial charge is 0.306 e. The van der Waals surface area contributed by atoms with Crippen molar-refractivity contribution in [1.29, 1.82) is 0 Å². The van der Waals surface area contributed by atoms with Crippen LogP contribution in [0.3, 0.4) is 0 Å². The smallest absolute Gasteiger partial charge is 0.262 e. The topological polar surface area (TPSA) is 109 Å². The molecule has 10 heteroatoms. The molecule has 36 heavy (non-hydrogen) atoms. The van der Waals surface area contributed by atoms with Gasteiger partial charge in [-0.15, -0.1) is 0 Å². The lowest BCUT2D eigenvalue weighted by atomic mass is 9.93. The zero-order valence-corrected chi connectivity index (χ0v) is 20.0. The summed E-state index contributed by atoms with van der Waals surface area (Å²) in [6.07, 6.45) is 10.8. The maximum atomic E-state index is 13.2. The van der Waals surface area contributed by atoms with E-state index in [0.717, 1.165) is 43.9 Å². The van der Waals surface area contributed by atoms with Crippen LogP contribution in [-0.2, 0) is 6.54 Å². The average Bonchev–Trinajstić information content (AvgIpc) is 3.65. The van der Waals surface area contributed by atoms with Crippen LogP contribution in [0.2, 0.25) is 0 Å². The molecule has 5 heterocycles. The Hall–Kier alpha value is -4.31. The van der Waals surface area contributed by atoms with E-state index >= 15 is 0 Å². The van der Waals surface area contributed by atoms with Crippen molar-refractivity contribution in [1.82, 2.24) is 39.5 Å². The molecule has 6 rings (SSSR count). The Morgan fingerprint density at radius 3 is 2.78 bits per heavy atom. The summed E-state index contributed by atoms with van der Waals surface area (Å²) in [5, 5.41) is 19.2. The van der Waals surface area contributed by atoms with Gasteiger partial charge >= 0.3 is 0 Å². The van der Waals surface area contributed by atoms with E-state index in [1.807, 2.05) is 47.4 Å². The lowest BCUT2D eigenvalue weighted by Crippen LogP contribution is -2.32. The van der Waals surface area contributed by atoms with E-state index in [9.17, 15) is 4.79 Å². The second kappa shape index (κ2) is 9.38. The van der Waals surface area contributed by atoms with Crippen molar-refractivity contribution in [3.63, 3.8) is 0 Å². The molecule has 1 saturated heterocycles. The van der Waals surface area contributed by atoms with Gasteiger partial charge in [-0.2, -0.15) is 15.3 Å². The summed E-state index contributed by atoms with van der Waals surface area (Å²) in [6, 6.07) is 11.9. The van der Waals surface area contributed by atoms with Crippen molar-refractivity contribution in [3.05, 3.63) is 89.8 Å². The number of nitrogens with zero attached hydrogens (tertiary/aromatic N) is 7. The van der Waals surface area contributed by atoms with Crippen molar-refractivity contribution in [2.24, 2.45) is 0 Å². The van der Waals surface area contributed by atoms with Crippen LogP contribution in [0.4, 0.5) is 5.82 Å². The summed E-state index contributed by atoms with van der Waals surface area (Å²) in [4.78, 5) is 20.0. The van der Waals surface area contributed by atoms with E-state index < -0.39 is 0 Å². The van der Waals surface area contributed by atoms with Crippen LogP contribution in [0.15, 0.2) is 67.4 Å². The predicted molar refractivity (Wildman–Crippen MR) is 135 cm³/mol. The average molecular weight is 482 g/mol. The highest BCUT2D eigenvalue weighted by atomic mass is 16.1. The number of piperidine rings is 1. The van der Waals surface area contributed by atoms with Crippen LogP contribution in [0, 0.1) is 6.92 Å². The van der Waals surface area contributed by atoms with Gasteiger partial charge in [0.15, 0.2) is 5.65 Å². The lowest BCUT2D eigenvalue weighted by molar-refractivity contribution is 0.102. The molecule has 0 spiro atoms. The molecule has 0 aliphatic carbocycles. The standard InChI is InChI=1S/C26H27N9O/c1-18-3-5-21(6-4-18)35-24(31-26(36)22-16-30-34-10-2-9-27-25(22)34)13-23(32-35)20-7-11-33(12-8-20)17-19-14-28-29-15-19/h2-6,9-10,13-16,20H,7-8,11-12,17H2,1H3,(H,28,29)(H,31,36). The summed E-state index contributed by atoms with van der Waals surface area (Å²) in [5.41, 5.74) is 5.19. The number of anilines is 1. The van der Waals surface area contributed by atoms with Gasteiger partial charge in [-0.05, 0) is 51.1 Å². The number of benzene rings is 1. The third-order valence-electron chi connectivity index (χ3n) is 6.74. The Labute approximate surface area is 208 Å². The molecule has 182 valence electrons. The maximum Gasteiger partial charge on any atom is 0.262 e. The van der Waals surface area contributed by atoms with Crippen LogP contribution in [0.5, 0.6) is 0 Å². The van der Waals surface area contributed by atoms with E-state index in [4.69, 9.17) is 5.10 Å². The zero-order valence-electron chi connectivity index (χ0n) is 20.0. The van der Waals surface area contributed by atoms with Gasteiger partial charge < -0.3 is 5.32 Å². The van der Waals surface area contributed by atoms with Gasteiger partial charge in [-0.1, -0.05) is 17.7 Å². The van der Waals surface area contributed by atoms with Crippen LogP contribution >= 0.6 is 0 Å². The SMILES string of the molecule is Cc1ccc(-n2nc(C3CCN(Cc4cn[nH]c4)CC3)cc2NC(=O)c2cnn3cccnc23)cc1. The number of hydrogen-bond acceptors (Lipinski definition) is 6. The maximum absolute atomic E-state index is 13.2. The molecular weight excluding hydrogens is 454 g/mol. The molecule has 2 N–H and O–H groups in total. The van der Waals surface area contributed by atoms with Crippen LogP contribution < -0.4 is 5.32 Å². The van der Waals surface area contributed by atoms with E-state index in [1.165, 1.54) is 11.1 Å². The first kappa shape index (κ1) is 22.2. The summed E-state index contributed by atoms with van der Waals surface area (Å²) >= 11 is 0. The normalized spacial score (nSPS) is 14.9. The molecule has 1 aliphatic rings. The molecule has 0 bridgehead atoms. The number of carbonyl (C=O) groups is 1. The van der Waals surface area contributed by atoms with Gasteiger partial charge in [0.25, 0.3) is 5.91 Å². The van der Waals surface area contributed by atoms with Crippen LogP contribution in [0.25, 0.3) is 11.3 Å². The summed E-state index contributed by atoms with van der Waals surface area (Å²) < 4.78 is 3.42. The van der Waals surface area contributed by atoms with Crippen LogP contribution in [0.1, 0.15) is 45.9 Å². The molecular formula is C26H27N9O. The molecule has 10 nitrogen and oxygen atoms in total. The van der Waals surface area contributed by atoms with Gasteiger partial charge in [0.05, 0.1) is 23.8 Å². The first-order valence-electron chi connectivity index (χ1n) is 12.1. The van der Waals surface area contributed by atoms with E-state index in [1.54, 1.807) is 29.2 Å². The summed E-state index contributed by atoms with van der Waals surface area (Å²) in [5.74, 6) is 0.694. The number of nitrogens with one attached hydrogen (secondary N) is 2. The molecule has 1 aromatic carbocycles. The number of aromatic amines is 1. The monoisotopic (exact) mass is 481 g/mol. The highest BCUT2D eigenvalue weighted by molar-refractivity contribution is 6.07. The number of hydrogen-bond donors (Lipinski definition) is 2. The van der Waals surface area contributed by atoms with Crippen molar-refractivity contribution in [2.45, 2.75) is 32.2 Å². The molecule has 0 unspecified atom stereocenters. The van der Waals surface area contributed by atoms with E-state index in [2.05, 4.69) is 37.4 Å². The highest BCUT2D eigenvalue weighted by Gasteiger charge is 2.25. The summed E-state index contributed by atoms with van der Waals surface area (Å²) in [6.45, 7) is 4.93. The third-order valence-corrected chi connectivity index (χ3v) is 6.74. The van der Waals surface area contributed by atoms with Crippen molar-refractivity contribution < 1.29 is 4.79 Å². The molecule has 0 saturated carbocycles. The number of amides is 1. The Morgan fingerprint density at radius 1 is 1.17 bits per heavy atom. The fourth-order valence-corrected chi connectivity index (χ4v) is 4.75. The molecule has 1 fully saturated rings. The second-order valence-electron chi connectivity index (χ2n) is 9.26. The Morgan fingerprint density at radius 2 is 2.00 bits per heavy atom. The first-order chi connectivity index (χ1) is 17.6. The number of aryl methyl sites for hydroxylation is 1. The summed E-state index contributed by atoms with van der Waals surface area (Å²) in [7, 11) is 0. The molecule has 0 atom stereocenters. The lowest BCUT2D eigenvalue weighted by Gasteiger charge is -2.30. The Bertz CT molecular complexity index is 1480. The Balaban J connectivity index is 1.25. The van der Waals surface area contributed by atoms with Crippen molar-refractivity contribution in [3.8, 4) is 5.69 Å². The molecule has 4 aromatic heterocycles. The van der Waals surface area contributed by atoms with E-state index in [-0.39, 0.29) is 5.91 Å². The minimum Gasteiger partial charge on any atom is -0.306 e. The van der Waals surface area contributed by atoms with Crippen molar-refractivity contribution in [2.75, 3.05) is 18.4 Å². The first-order valence-corrected chi connectivity index (χ1v) is 12.1. The number of carbonyl (C=O) groups excluding carboxylic acids is 1. The molecule has 5 aromatic rings. The van der Waals surface area contributed by atoms with Gasteiger partial charge in [0, 0.05) is 42.7 Å². The highest BCUT2D eigenvalue weighted by Crippen LogP contribution is 2.31. The van der Waals surface area contributed by atoms with Gasteiger partial charge in [-0.25, -0.2) is 14.2 Å². The van der Waals surface area contributed by atoms with Gasteiger partial charge in [0.1, 0.15) is 11.4 Å². The van der Waals surface area contributed by atoms with Crippen LogP contribution in [-0.4, -0.2) is 58.5 Å². The van der Waals surface area contributed by atoms with Gasteiger partial charge in [-0.3, -0.25) is 14.8 Å². The number of H-pyrrole nitrogens is 1. The fraction of sp³-hybridized carbons (Fsp3) is 0.269. The minimum atomic E-state index is -0.265. The fourth-order valence-electron chi connectivity index (χ4n) is 4.75. The van der Waals surface area contributed by atoms with Crippen molar-refractivity contribution >= 4 is 17.4 Å². The molecule has 1 amide bonds. The molecule has 0 radical (unpaired) electrons. The number of aromatic nitrogens is 7. The number of fused-ring (bicyclic) bond motifs is 1. The Kier molecular flexibility index (Phi) is 5.78. The second-order valence-corrected chi connectivity index (χ2v) is 9.26. The minimum absolute atomic E-state index is 0.265.